The van der Waals surface area contributed by atoms with Crippen LogP contribution in [0.1, 0.15) is 46.0 Å². The van der Waals surface area contributed by atoms with Crippen molar-refractivity contribution in [2.75, 3.05) is 19.6 Å². The van der Waals surface area contributed by atoms with Gasteiger partial charge < -0.3 is 10.2 Å². The first-order valence-electron chi connectivity index (χ1n) is 6.69. The monoisotopic (exact) mass is 224 g/mol. The number of hydrogen-bond donors (Lipinski definition) is 1. The molecule has 1 N–H and O–H groups in total. The number of carbonyl (C=O) groups excluding carboxylic acids is 1. The molecule has 92 valence electrons. The van der Waals surface area contributed by atoms with Crippen LogP contribution in [0.15, 0.2) is 0 Å². The van der Waals surface area contributed by atoms with Gasteiger partial charge in [0.15, 0.2) is 0 Å². The third-order valence-corrected chi connectivity index (χ3v) is 4.28. The number of rotatable bonds is 5. The molecule has 2 rings (SSSR count). The average Bonchev–Trinajstić information content (AvgIpc) is 2.88. The first kappa shape index (κ1) is 11.9. The molecule has 1 unspecified atom stereocenters. The summed E-state index contributed by atoms with van der Waals surface area (Å²) in [5, 5.41) is 3.42. The summed E-state index contributed by atoms with van der Waals surface area (Å²) in [6, 6.07) is 0.00197. The van der Waals surface area contributed by atoms with Gasteiger partial charge in [0, 0.05) is 19.6 Å². The number of likely N-dealkylation sites (tertiary alicyclic amines) is 1. The zero-order valence-electron chi connectivity index (χ0n) is 10.6. The topological polar surface area (TPSA) is 32.3 Å². The maximum atomic E-state index is 12.0. The summed E-state index contributed by atoms with van der Waals surface area (Å²) in [5.74, 6) is 0.296. The molecule has 16 heavy (non-hydrogen) atoms. The second kappa shape index (κ2) is 4.74. The lowest BCUT2D eigenvalue weighted by Gasteiger charge is -2.23. The van der Waals surface area contributed by atoms with Gasteiger partial charge in [-0.3, -0.25) is 4.79 Å². The molecule has 1 atom stereocenters. The molecule has 0 radical (unpaired) electrons. The predicted molar refractivity (Wildman–Crippen MR) is 65.2 cm³/mol. The normalized spacial score (nSPS) is 24.5. The Morgan fingerprint density at radius 3 is 2.50 bits per heavy atom. The van der Waals surface area contributed by atoms with Crippen LogP contribution >= 0.6 is 0 Å². The van der Waals surface area contributed by atoms with Crippen molar-refractivity contribution < 1.29 is 4.79 Å². The van der Waals surface area contributed by atoms with Crippen LogP contribution in [-0.4, -0.2) is 36.5 Å². The number of amides is 1. The molecule has 1 saturated carbocycles. The van der Waals surface area contributed by atoms with Crippen LogP contribution < -0.4 is 5.32 Å². The van der Waals surface area contributed by atoms with Crippen molar-refractivity contribution in [2.24, 2.45) is 5.41 Å². The van der Waals surface area contributed by atoms with E-state index in [4.69, 9.17) is 0 Å². The quantitative estimate of drug-likeness (QED) is 0.772. The van der Waals surface area contributed by atoms with Gasteiger partial charge >= 0.3 is 0 Å². The smallest absolute Gasteiger partial charge is 0.239 e. The summed E-state index contributed by atoms with van der Waals surface area (Å²) in [6.07, 6.45) is 6.27. The third kappa shape index (κ3) is 2.57. The minimum Gasteiger partial charge on any atom is -0.341 e. The maximum absolute atomic E-state index is 12.0. The fraction of sp³-hybridized carbons (Fsp3) is 0.923. The van der Waals surface area contributed by atoms with E-state index in [-0.39, 0.29) is 6.04 Å². The fourth-order valence-corrected chi connectivity index (χ4v) is 2.50. The van der Waals surface area contributed by atoms with E-state index in [0.29, 0.717) is 11.3 Å². The van der Waals surface area contributed by atoms with Crippen LogP contribution in [-0.2, 0) is 4.79 Å². The summed E-state index contributed by atoms with van der Waals surface area (Å²) in [5.41, 5.74) is 0.527. The Bertz CT molecular complexity index is 255. The molecule has 2 fully saturated rings. The minimum absolute atomic E-state index is 0.00197. The molecule has 0 spiro atoms. The molecular weight excluding hydrogens is 200 g/mol. The first-order chi connectivity index (χ1) is 7.67. The lowest BCUT2D eigenvalue weighted by molar-refractivity contribution is -0.132. The van der Waals surface area contributed by atoms with Gasteiger partial charge in [0.1, 0.15) is 0 Å². The molecule has 0 aromatic heterocycles. The summed E-state index contributed by atoms with van der Waals surface area (Å²) < 4.78 is 0. The molecular formula is C13H24N2O. The van der Waals surface area contributed by atoms with Gasteiger partial charge in [-0.05, 0) is 44.4 Å². The molecule has 1 aliphatic heterocycles. The third-order valence-electron chi connectivity index (χ3n) is 4.28. The Kier molecular flexibility index (Phi) is 3.53. The van der Waals surface area contributed by atoms with Crippen molar-refractivity contribution in [3.05, 3.63) is 0 Å². The van der Waals surface area contributed by atoms with Gasteiger partial charge in [-0.15, -0.1) is 0 Å². The summed E-state index contributed by atoms with van der Waals surface area (Å²) in [6.45, 7) is 7.20. The second-order valence-electron chi connectivity index (χ2n) is 5.49. The second-order valence-corrected chi connectivity index (χ2v) is 5.49. The number of nitrogens with one attached hydrogen (secondary N) is 1. The van der Waals surface area contributed by atoms with Crippen LogP contribution in [0.4, 0.5) is 0 Å². The number of nitrogens with zero attached hydrogens (tertiary/aromatic N) is 1. The fourth-order valence-electron chi connectivity index (χ4n) is 2.50. The Balaban J connectivity index is 1.74. The van der Waals surface area contributed by atoms with E-state index < -0.39 is 0 Å². The molecule has 1 amide bonds. The highest BCUT2D eigenvalue weighted by Crippen LogP contribution is 2.47. The Hall–Kier alpha value is -0.570. The van der Waals surface area contributed by atoms with E-state index in [1.54, 1.807) is 0 Å². The maximum Gasteiger partial charge on any atom is 0.239 e. The Morgan fingerprint density at radius 1 is 1.38 bits per heavy atom. The average molecular weight is 224 g/mol. The number of carbonyl (C=O) groups is 1. The molecule has 3 heteroatoms. The SMILES string of the molecule is CCC1(CNC(C)C(=O)N2CCCC2)CC1. The van der Waals surface area contributed by atoms with E-state index in [1.807, 2.05) is 11.8 Å². The van der Waals surface area contributed by atoms with Crippen LogP contribution in [0.25, 0.3) is 0 Å². The Morgan fingerprint density at radius 2 is 2.00 bits per heavy atom. The van der Waals surface area contributed by atoms with E-state index in [2.05, 4.69) is 12.2 Å². The van der Waals surface area contributed by atoms with Gasteiger partial charge in [0.2, 0.25) is 5.91 Å². The summed E-state index contributed by atoms with van der Waals surface area (Å²) in [7, 11) is 0. The van der Waals surface area contributed by atoms with Crippen molar-refractivity contribution in [3.63, 3.8) is 0 Å². The van der Waals surface area contributed by atoms with Crippen LogP contribution in [0.2, 0.25) is 0 Å². The van der Waals surface area contributed by atoms with Crippen LogP contribution in [0, 0.1) is 5.41 Å². The van der Waals surface area contributed by atoms with E-state index in [9.17, 15) is 4.79 Å². The standard InChI is InChI=1S/C13H24N2O/c1-3-13(6-7-13)10-14-11(2)12(16)15-8-4-5-9-15/h11,14H,3-10H2,1-2H3. The lowest BCUT2D eigenvalue weighted by atomic mass is 10.0. The molecule has 0 aromatic carbocycles. The zero-order chi connectivity index (χ0) is 11.6. The van der Waals surface area contributed by atoms with E-state index >= 15 is 0 Å². The number of hydrogen-bond acceptors (Lipinski definition) is 2. The largest absolute Gasteiger partial charge is 0.341 e. The van der Waals surface area contributed by atoms with Crippen molar-refractivity contribution in [1.82, 2.24) is 10.2 Å². The van der Waals surface area contributed by atoms with Crippen LogP contribution in [0.3, 0.4) is 0 Å². The minimum atomic E-state index is 0.00197. The van der Waals surface area contributed by atoms with E-state index in [1.165, 1.54) is 32.1 Å². The molecule has 1 saturated heterocycles. The predicted octanol–water partition coefficient (Wildman–Crippen LogP) is 1.78. The molecule has 1 heterocycles. The van der Waals surface area contributed by atoms with Gasteiger partial charge in [-0.25, -0.2) is 0 Å². The van der Waals surface area contributed by atoms with Crippen molar-refractivity contribution in [1.29, 1.82) is 0 Å². The molecule has 1 aliphatic carbocycles. The summed E-state index contributed by atoms with van der Waals surface area (Å²) in [4.78, 5) is 14.0. The van der Waals surface area contributed by atoms with Crippen molar-refractivity contribution >= 4 is 5.91 Å². The highest BCUT2D eigenvalue weighted by molar-refractivity contribution is 5.81. The van der Waals surface area contributed by atoms with Gasteiger partial charge in [-0.1, -0.05) is 6.92 Å². The molecule has 2 aliphatic rings. The lowest BCUT2D eigenvalue weighted by Crippen LogP contribution is -2.45. The van der Waals surface area contributed by atoms with E-state index in [0.717, 1.165) is 19.6 Å². The molecule has 3 nitrogen and oxygen atoms in total. The zero-order valence-corrected chi connectivity index (χ0v) is 10.6. The van der Waals surface area contributed by atoms with Crippen LogP contribution in [0.5, 0.6) is 0 Å². The Labute approximate surface area is 98.6 Å². The van der Waals surface area contributed by atoms with Gasteiger partial charge in [-0.2, -0.15) is 0 Å². The van der Waals surface area contributed by atoms with Crippen molar-refractivity contribution in [3.8, 4) is 0 Å². The highest BCUT2D eigenvalue weighted by atomic mass is 16.2. The molecule has 0 bridgehead atoms. The van der Waals surface area contributed by atoms with Gasteiger partial charge in [0.05, 0.1) is 6.04 Å². The summed E-state index contributed by atoms with van der Waals surface area (Å²) >= 11 is 0. The highest BCUT2D eigenvalue weighted by Gasteiger charge is 2.40. The van der Waals surface area contributed by atoms with Gasteiger partial charge in [0.25, 0.3) is 0 Å². The van der Waals surface area contributed by atoms with Crippen molar-refractivity contribution in [2.45, 2.75) is 52.0 Å². The molecule has 0 aromatic rings. The first-order valence-corrected chi connectivity index (χ1v) is 6.69.